The van der Waals surface area contributed by atoms with Gasteiger partial charge in [0, 0.05) is 23.4 Å². The zero-order valence-electron chi connectivity index (χ0n) is 15.9. The molecule has 1 atom stereocenters. The van der Waals surface area contributed by atoms with Crippen molar-refractivity contribution in [2.45, 2.75) is 6.10 Å². The van der Waals surface area contributed by atoms with Gasteiger partial charge in [0.1, 0.15) is 5.75 Å². The number of hydrogen-bond donors (Lipinski definition) is 1. The van der Waals surface area contributed by atoms with Gasteiger partial charge >= 0.3 is 5.97 Å². The Morgan fingerprint density at radius 2 is 1.59 bits per heavy atom. The first-order valence-corrected chi connectivity index (χ1v) is 9.09. The molecule has 5 nitrogen and oxygen atoms in total. The van der Waals surface area contributed by atoms with E-state index in [2.05, 4.69) is 5.32 Å². The maximum Gasteiger partial charge on any atom is 0.331 e. The summed E-state index contributed by atoms with van der Waals surface area (Å²) in [4.78, 5) is 25.2. The molecule has 0 heterocycles. The zero-order valence-corrected chi connectivity index (χ0v) is 15.9. The van der Waals surface area contributed by atoms with Crippen molar-refractivity contribution in [1.29, 1.82) is 0 Å². The predicted molar refractivity (Wildman–Crippen MR) is 112 cm³/mol. The third-order valence-electron chi connectivity index (χ3n) is 4.12. The van der Waals surface area contributed by atoms with Gasteiger partial charge in [0.15, 0.2) is 0 Å². The molecule has 0 aliphatic carbocycles. The minimum Gasteiger partial charge on any atom is -0.497 e. The smallest absolute Gasteiger partial charge is 0.331 e. The Hall–Kier alpha value is -3.86. The van der Waals surface area contributed by atoms with Gasteiger partial charge in [-0.25, -0.2) is 4.79 Å². The van der Waals surface area contributed by atoms with E-state index >= 15 is 0 Å². The molecule has 1 N–H and O–H groups in total. The molecule has 0 aliphatic heterocycles. The van der Waals surface area contributed by atoms with Crippen molar-refractivity contribution in [3.05, 3.63) is 102 Å². The number of amides is 1. The van der Waals surface area contributed by atoms with Crippen molar-refractivity contribution in [1.82, 2.24) is 0 Å². The Bertz CT molecular complexity index is 984. The van der Waals surface area contributed by atoms with Crippen molar-refractivity contribution in [3.8, 4) is 5.75 Å². The van der Waals surface area contributed by atoms with E-state index in [1.807, 2.05) is 36.4 Å². The lowest BCUT2D eigenvalue weighted by Gasteiger charge is -2.17. The first-order chi connectivity index (χ1) is 14.2. The highest BCUT2D eigenvalue weighted by atomic mass is 16.5. The molecule has 0 radical (unpaired) electrons. The molecule has 0 bridgehead atoms. The lowest BCUT2D eigenvalue weighted by molar-refractivity contribution is -0.149. The summed E-state index contributed by atoms with van der Waals surface area (Å²) in [6.45, 7) is 0. The average molecular weight is 387 g/mol. The minimum absolute atomic E-state index is 0.453. The first-order valence-electron chi connectivity index (χ1n) is 9.09. The molecule has 0 unspecified atom stereocenters. The van der Waals surface area contributed by atoms with Gasteiger partial charge in [-0.3, -0.25) is 4.79 Å². The monoisotopic (exact) mass is 387 g/mol. The third kappa shape index (κ3) is 5.81. The van der Waals surface area contributed by atoms with Crippen molar-refractivity contribution in [2.24, 2.45) is 0 Å². The summed E-state index contributed by atoms with van der Waals surface area (Å²) in [7, 11) is 1.55. The van der Waals surface area contributed by atoms with Gasteiger partial charge in [0.05, 0.1) is 7.11 Å². The summed E-state index contributed by atoms with van der Waals surface area (Å²) in [5.41, 5.74) is 1.99. The van der Waals surface area contributed by atoms with Gasteiger partial charge in [-0.2, -0.15) is 0 Å². The van der Waals surface area contributed by atoms with Crippen molar-refractivity contribution in [2.75, 3.05) is 12.4 Å². The van der Waals surface area contributed by atoms with Crippen LogP contribution in [0.4, 0.5) is 5.69 Å². The molecule has 0 saturated heterocycles. The maximum atomic E-state index is 12.9. The highest BCUT2D eigenvalue weighted by molar-refractivity contribution is 5.97. The number of ether oxygens (including phenoxy) is 2. The molecule has 0 fully saturated rings. The van der Waals surface area contributed by atoms with Crippen LogP contribution >= 0.6 is 0 Å². The van der Waals surface area contributed by atoms with E-state index in [0.717, 1.165) is 5.56 Å². The molecule has 3 rings (SSSR count). The average Bonchev–Trinajstić information content (AvgIpc) is 2.77. The molecule has 1 amide bonds. The molecular formula is C24H21NO4. The van der Waals surface area contributed by atoms with Gasteiger partial charge in [-0.05, 0) is 23.8 Å². The topological polar surface area (TPSA) is 64.6 Å². The number of nitrogens with one attached hydrogen (secondary N) is 1. The fourth-order valence-corrected chi connectivity index (χ4v) is 2.69. The second-order valence-electron chi connectivity index (χ2n) is 6.19. The van der Waals surface area contributed by atoms with Gasteiger partial charge in [-0.15, -0.1) is 0 Å². The Labute approximate surface area is 169 Å². The molecule has 0 aromatic heterocycles. The Kier molecular flexibility index (Phi) is 6.79. The second kappa shape index (κ2) is 9.90. The van der Waals surface area contributed by atoms with Crippen LogP contribution in [0.1, 0.15) is 17.2 Å². The fourth-order valence-electron chi connectivity index (χ4n) is 2.69. The number of benzene rings is 3. The van der Waals surface area contributed by atoms with Crippen LogP contribution in [0.2, 0.25) is 0 Å². The second-order valence-corrected chi connectivity index (χ2v) is 6.19. The van der Waals surface area contributed by atoms with E-state index in [0.29, 0.717) is 17.0 Å². The number of methoxy groups -OCH3 is 1. The maximum absolute atomic E-state index is 12.9. The van der Waals surface area contributed by atoms with Crippen LogP contribution in [-0.2, 0) is 14.3 Å². The van der Waals surface area contributed by atoms with Crippen molar-refractivity contribution in [3.63, 3.8) is 0 Å². The predicted octanol–water partition coefficient (Wildman–Crippen LogP) is 4.63. The summed E-state index contributed by atoms with van der Waals surface area (Å²) in [6, 6.07) is 25.2. The molecule has 5 heteroatoms. The minimum atomic E-state index is -1.09. The number of anilines is 1. The normalized spacial score (nSPS) is 11.6. The van der Waals surface area contributed by atoms with Gasteiger partial charge < -0.3 is 14.8 Å². The molecule has 0 spiro atoms. The number of hydrogen-bond acceptors (Lipinski definition) is 4. The summed E-state index contributed by atoms with van der Waals surface area (Å²) < 4.78 is 10.7. The van der Waals surface area contributed by atoms with Crippen LogP contribution in [0.3, 0.4) is 0 Å². The summed E-state index contributed by atoms with van der Waals surface area (Å²) in [6.07, 6.45) is 1.87. The summed E-state index contributed by atoms with van der Waals surface area (Å²) >= 11 is 0. The fraction of sp³-hybridized carbons (Fsp3) is 0.0833. The van der Waals surface area contributed by atoms with E-state index in [4.69, 9.17) is 9.47 Å². The Morgan fingerprint density at radius 1 is 0.897 bits per heavy atom. The third-order valence-corrected chi connectivity index (χ3v) is 4.12. The SMILES string of the molecule is COc1cccc(NC(=O)[C@H](OC(=O)/C=C/c2ccccc2)c2ccccc2)c1. The molecule has 0 saturated carbocycles. The Balaban J connectivity index is 1.76. The van der Waals surface area contributed by atoms with Crippen LogP contribution in [-0.4, -0.2) is 19.0 Å². The molecule has 3 aromatic rings. The zero-order chi connectivity index (χ0) is 20.5. The van der Waals surface area contributed by atoms with E-state index in [1.165, 1.54) is 6.08 Å². The van der Waals surface area contributed by atoms with Gasteiger partial charge in [0.25, 0.3) is 5.91 Å². The Morgan fingerprint density at radius 3 is 2.28 bits per heavy atom. The van der Waals surface area contributed by atoms with E-state index in [1.54, 1.807) is 61.7 Å². The van der Waals surface area contributed by atoms with E-state index < -0.39 is 18.0 Å². The van der Waals surface area contributed by atoms with Crippen LogP contribution in [0.15, 0.2) is 91.0 Å². The highest BCUT2D eigenvalue weighted by Gasteiger charge is 2.24. The van der Waals surface area contributed by atoms with Crippen LogP contribution in [0.25, 0.3) is 6.08 Å². The standard InChI is InChI=1S/C24H21NO4/c1-28-21-14-8-13-20(17-21)25-24(27)23(19-11-6-3-7-12-19)29-22(26)16-15-18-9-4-2-5-10-18/h2-17,23H,1H3,(H,25,27)/b16-15+/t23-/m1/s1. The lowest BCUT2D eigenvalue weighted by Crippen LogP contribution is -2.25. The van der Waals surface area contributed by atoms with Crippen LogP contribution in [0.5, 0.6) is 5.75 Å². The molecule has 3 aromatic carbocycles. The molecule has 29 heavy (non-hydrogen) atoms. The van der Waals surface area contributed by atoms with Gasteiger partial charge in [0.2, 0.25) is 6.10 Å². The first kappa shape index (κ1) is 19.9. The van der Waals surface area contributed by atoms with Gasteiger partial charge in [-0.1, -0.05) is 66.7 Å². The molecule has 0 aliphatic rings. The largest absolute Gasteiger partial charge is 0.497 e. The number of esters is 1. The summed E-state index contributed by atoms with van der Waals surface area (Å²) in [5.74, 6) is -0.448. The van der Waals surface area contributed by atoms with Crippen molar-refractivity contribution >= 4 is 23.6 Å². The van der Waals surface area contributed by atoms with Crippen LogP contribution in [0, 0.1) is 0 Å². The van der Waals surface area contributed by atoms with Crippen molar-refractivity contribution < 1.29 is 19.1 Å². The lowest BCUT2D eigenvalue weighted by atomic mass is 10.1. The van der Waals surface area contributed by atoms with Crippen LogP contribution < -0.4 is 10.1 Å². The number of carbonyl (C=O) groups excluding carboxylic acids is 2. The number of carbonyl (C=O) groups is 2. The molecular weight excluding hydrogens is 366 g/mol. The number of rotatable bonds is 7. The summed E-state index contributed by atoms with van der Waals surface area (Å²) in [5, 5.41) is 2.77. The van der Waals surface area contributed by atoms with E-state index in [-0.39, 0.29) is 0 Å². The van der Waals surface area contributed by atoms with E-state index in [9.17, 15) is 9.59 Å². The molecule has 146 valence electrons. The quantitative estimate of drug-likeness (QED) is 0.474. The highest BCUT2D eigenvalue weighted by Crippen LogP contribution is 2.22.